The quantitative estimate of drug-likeness (QED) is 0.859. The van der Waals surface area contributed by atoms with E-state index in [0.717, 1.165) is 41.9 Å². The van der Waals surface area contributed by atoms with Gasteiger partial charge in [-0.2, -0.15) is 5.10 Å². The van der Waals surface area contributed by atoms with Crippen LogP contribution in [0.3, 0.4) is 0 Å². The summed E-state index contributed by atoms with van der Waals surface area (Å²) in [5.74, 6) is 0.834. The zero-order valence-electron chi connectivity index (χ0n) is 11.1. The molecule has 1 aliphatic rings. The second-order valence-electron chi connectivity index (χ2n) is 5.34. The molecule has 2 rings (SSSR count). The van der Waals surface area contributed by atoms with Gasteiger partial charge in [-0.05, 0) is 41.1 Å². The minimum absolute atomic E-state index is 0.381. The lowest BCUT2D eigenvalue weighted by Gasteiger charge is -2.16. The van der Waals surface area contributed by atoms with E-state index in [1.807, 2.05) is 4.68 Å². The average Bonchev–Trinajstić information content (AvgIpc) is 2.97. The fraction of sp³-hybridized carbons (Fsp3) is 0.786. The van der Waals surface area contributed by atoms with Crippen molar-refractivity contribution in [3.05, 3.63) is 16.4 Å². The number of rotatable bonds is 6. The van der Waals surface area contributed by atoms with Crippen molar-refractivity contribution >= 4 is 15.9 Å². The van der Waals surface area contributed by atoms with Gasteiger partial charge >= 0.3 is 0 Å². The van der Waals surface area contributed by atoms with E-state index >= 15 is 0 Å². The van der Waals surface area contributed by atoms with E-state index in [9.17, 15) is 5.11 Å². The van der Waals surface area contributed by atoms with Crippen LogP contribution in [0.5, 0.6) is 0 Å². The summed E-state index contributed by atoms with van der Waals surface area (Å²) in [4.78, 5) is 0. The van der Waals surface area contributed by atoms with Crippen molar-refractivity contribution in [3.8, 4) is 0 Å². The number of aromatic nitrogens is 2. The van der Waals surface area contributed by atoms with Crippen molar-refractivity contribution in [3.63, 3.8) is 0 Å². The molecule has 18 heavy (non-hydrogen) atoms. The van der Waals surface area contributed by atoms with Gasteiger partial charge in [0.1, 0.15) is 0 Å². The van der Waals surface area contributed by atoms with Crippen molar-refractivity contribution < 1.29 is 5.11 Å². The molecule has 1 saturated carbocycles. The Morgan fingerprint density at radius 3 is 2.89 bits per heavy atom. The molecule has 0 aromatic carbocycles. The van der Waals surface area contributed by atoms with E-state index in [2.05, 4.69) is 28.0 Å². The van der Waals surface area contributed by atoms with Gasteiger partial charge in [-0.25, -0.2) is 0 Å². The molecule has 0 aliphatic heterocycles. The molecule has 102 valence electrons. The van der Waals surface area contributed by atoms with Crippen LogP contribution in [0, 0.1) is 5.92 Å². The third kappa shape index (κ3) is 3.35. The molecule has 1 unspecified atom stereocenters. The number of hydrogen-bond donors (Lipinski definition) is 1. The van der Waals surface area contributed by atoms with Crippen molar-refractivity contribution in [1.82, 2.24) is 9.78 Å². The maximum atomic E-state index is 10.4. The molecule has 0 spiro atoms. The van der Waals surface area contributed by atoms with Crippen molar-refractivity contribution in [2.45, 2.75) is 64.5 Å². The first-order chi connectivity index (χ1) is 8.72. The summed E-state index contributed by atoms with van der Waals surface area (Å²) in [5, 5.41) is 14.7. The summed E-state index contributed by atoms with van der Waals surface area (Å²) < 4.78 is 2.87. The zero-order valence-corrected chi connectivity index (χ0v) is 12.7. The van der Waals surface area contributed by atoms with Crippen molar-refractivity contribution in [2.75, 3.05) is 0 Å². The molecule has 1 aromatic rings. The Kier molecular flexibility index (Phi) is 5.25. The van der Waals surface area contributed by atoms with Gasteiger partial charge in [0.15, 0.2) is 0 Å². The predicted molar refractivity (Wildman–Crippen MR) is 76.4 cm³/mol. The maximum absolute atomic E-state index is 10.4. The zero-order chi connectivity index (χ0) is 13.0. The lowest BCUT2D eigenvalue weighted by molar-refractivity contribution is 0.145. The first-order valence-electron chi connectivity index (χ1n) is 7.11. The van der Waals surface area contributed by atoms with Crippen LogP contribution in [0.2, 0.25) is 0 Å². The Labute approximate surface area is 118 Å². The van der Waals surface area contributed by atoms with Crippen molar-refractivity contribution in [2.24, 2.45) is 5.92 Å². The SMILES string of the molecule is CCCn1ncc(Br)c1C(O)CCC1CCCC1. The minimum Gasteiger partial charge on any atom is -0.387 e. The Hall–Kier alpha value is -0.350. The molecule has 1 aliphatic carbocycles. The normalized spacial score (nSPS) is 18.4. The number of aryl methyl sites for hydroxylation is 1. The summed E-state index contributed by atoms with van der Waals surface area (Å²) in [5.41, 5.74) is 0.954. The number of halogens is 1. The largest absolute Gasteiger partial charge is 0.387 e. The monoisotopic (exact) mass is 314 g/mol. The van der Waals surface area contributed by atoms with E-state index in [1.165, 1.54) is 25.7 Å². The van der Waals surface area contributed by atoms with Crippen LogP contribution in [0.15, 0.2) is 10.7 Å². The summed E-state index contributed by atoms with van der Waals surface area (Å²) in [6, 6.07) is 0. The highest BCUT2D eigenvalue weighted by atomic mass is 79.9. The van der Waals surface area contributed by atoms with Crippen LogP contribution in [-0.2, 0) is 6.54 Å². The molecule has 0 amide bonds. The fourth-order valence-electron chi connectivity index (χ4n) is 2.92. The number of nitrogens with zero attached hydrogens (tertiary/aromatic N) is 2. The molecule has 0 radical (unpaired) electrons. The molecule has 1 aromatic heterocycles. The molecule has 1 atom stereocenters. The van der Waals surface area contributed by atoms with Crippen LogP contribution in [0.4, 0.5) is 0 Å². The van der Waals surface area contributed by atoms with E-state index in [0.29, 0.717) is 0 Å². The van der Waals surface area contributed by atoms with Gasteiger partial charge in [0.2, 0.25) is 0 Å². The van der Waals surface area contributed by atoms with E-state index in [-0.39, 0.29) is 6.10 Å². The maximum Gasteiger partial charge on any atom is 0.0968 e. The molecule has 1 heterocycles. The number of aliphatic hydroxyl groups excluding tert-OH is 1. The second kappa shape index (κ2) is 6.71. The van der Waals surface area contributed by atoms with Gasteiger partial charge in [-0.1, -0.05) is 32.6 Å². The Bertz CT molecular complexity index is 372. The first kappa shape index (κ1) is 14.1. The summed E-state index contributed by atoms with van der Waals surface area (Å²) in [6.45, 7) is 3.01. The van der Waals surface area contributed by atoms with Crippen LogP contribution in [-0.4, -0.2) is 14.9 Å². The van der Waals surface area contributed by atoms with Crippen LogP contribution in [0.1, 0.15) is 63.7 Å². The van der Waals surface area contributed by atoms with Crippen LogP contribution >= 0.6 is 15.9 Å². The average molecular weight is 315 g/mol. The van der Waals surface area contributed by atoms with E-state index in [4.69, 9.17) is 0 Å². The Morgan fingerprint density at radius 2 is 2.22 bits per heavy atom. The van der Waals surface area contributed by atoms with Gasteiger partial charge in [0, 0.05) is 6.54 Å². The minimum atomic E-state index is -0.381. The topological polar surface area (TPSA) is 38.0 Å². The first-order valence-corrected chi connectivity index (χ1v) is 7.91. The second-order valence-corrected chi connectivity index (χ2v) is 6.20. The summed E-state index contributed by atoms with van der Waals surface area (Å²) in [6.07, 6.45) is 9.90. The predicted octanol–water partition coefficient (Wildman–Crippen LogP) is 4.06. The molecule has 4 heteroatoms. The number of aliphatic hydroxyl groups is 1. The molecule has 3 nitrogen and oxygen atoms in total. The lowest BCUT2D eigenvalue weighted by Crippen LogP contribution is -2.10. The molecular weight excluding hydrogens is 292 g/mol. The number of hydrogen-bond acceptors (Lipinski definition) is 2. The third-order valence-electron chi connectivity index (χ3n) is 3.91. The molecule has 0 bridgehead atoms. The van der Waals surface area contributed by atoms with Gasteiger partial charge in [-0.3, -0.25) is 4.68 Å². The van der Waals surface area contributed by atoms with E-state index < -0.39 is 0 Å². The molecular formula is C14H23BrN2O. The summed E-state index contributed by atoms with van der Waals surface area (Å²) in [7, 11) is 0. The third-order valence-corrected chi connectivity index (χ3v) is 4.52. The highest BCUT2D eigenvalue weighted by Crippen LogP contribution is 2.33. The van der Waals surface area contributed by atoms with Gasteiger partial charge in [-0.15, -0.1) is 0 Å². The Morgan fingerprint density at radius 1 is 1.50 bits per heavy atom. The lowest BCUT2D eigenvalue weighted by atomic mass is 9.98. The molecule has 1 N–H and O–H groups in total. The van der Waals surface area contributed by atoms with Gasteiger partial charge in [0.25, 0.3) is 0 Å². The molecule has 1 fully saturated rings. The van der Waals surface area contributed by atoms with Crippen LogP contribution < -0.4 is 0 Å². The van der Waals surface area contributed by atoms with E-state index in [1.54, 1.807) is 6.20 Å². The van der Waals surface area contributed by atoms with Crippen molar-refractivity contribution in [1.29, 1.82) is 0 Å². The fourth-order valence-corrected chi connectivity index (χ4v) is 3.48. The van der Waals surface area contributed by atoms with Crippen LogP contribution in [0.25, 0.3) is 0 Å². The molecule has 0 saturated heterocycles. The highest BCUT2D eigenvalue weighted by Gasteiger charge is 2.21. The Balaban J connectivity index is 1.94. The van der Waals surface area contributed by atoms with Gasteiger partial charge < -0.3 is 5.11 Å². The standard InChI is InChI=1S/C14H23BrN2O/c1-2-9-17-14(12(15)10-16-17)13(18)8-7-11-5-3-4-6-11/h10-11,13,18H,2-9H2,1H3. The summed E-state index contributed by atoms with van der Waals surface area (Å²) >= 11 is 3.50. The van der Waals surface area contributed by atoms with Gasteiger partial charge in [0.05, 0.1) is 22.5 Å². The smallest absolute Gasteiger partial charge is 0.0968 e. The highest BCUT2D eigenvalue weighted by molar-refractivity contribution is 9.10.